The molecule has 0 saturated carbocycles. The van der Waals surface area contributed by atoms with E-state index in [1.54, 1.807) is 12.3 Å². The molecule has 0 aliphatic carbocycles. The van der Waals surface area contributed by atoms with Crippen molar-refractivity contribution in [1.29, 1.82) is 0 Å². The topological polar surface area (TPSA) is 67.4 Å². The Kier molecular flexibility index (Phi) is 4.36. The largest absolute Gasteiger partial charge is 0.370 e. The number of amides is 1. The van der Waals surface area contributed by atoms with E-state index in [9.17, 15) is 9.18 Å². The van der Waals surface area contributed by atoms with Gasteiger partial charge in [0.05, 0.1) is 17.9 Å². The fourth-order valence-corrected chi connectivity index (χ4v) is 5.27. The van der Waals surface area contributed by atoms with Crippen LogP contribution in [-0.4, -0.2) is 52.1 Å². The number of carbonyl (C=O) groups is 1. The molecular formula is C21H23FN4O2. The van der Waals surface area contributed by atoms with Crippen LogP contribution in [0, 0.1) is 17.7 Å². The number of ether oxygens (including phenoxy) is 1. The zero-order valence-electron chi connectivity index (χ0n) is 15.6. The van der Waals surface area contributed by atoms with Crippen molar-refractivity contribution in [3.8, 4) is 0 Å². The standard InChI is InChI=1S/C21H23FN4O2/c22-17-4-2-1-3-14(17)11-26-12-16-15(19-5-6-21(16,13-26)28-19)9-25-20(27)18-10-23-7-8-24-18/h1-4,7-8,10,15-16,19H,5-6,9,11-13H2,(H,25,27)/t15-,16+,19+,21+/m0/s1. The highest BCUT2D eigenvalue weighted by Crippen LogP contribution is 2.54. The number of benzene rings is 1. The number of rotatable bonds is 5. The fraction of sp³-hybridized carbons (Fsp3) is 0.476. The highest BCUT2D eigenvalue weighted by Gasteiger charge is 2.62. The van der Waals surface area contributed by atoms with Crippen LogP contribution in [0.5, 0.6) is 0 Å². The van der Waals surface area contributed by atoms with Gasteiger partial charge in [-0.05, 0) is 18.9 Å². The van der Waals surface area contributed by atoms with Gasteiger partial charge >= 0.3 is 0 Å². The van der Waals surface area contributed by atoms with Gasteiger partial charge < -0.3 is 10.1 Å². The van der Waals surface area contributed by atoms with E-state index in [0.29, 0.717) is 24.7 Å². The van der Waals surface area contributed by atoms with Crippen molar-refractivity contribution < 1.29 is 13.9 Å². The summed E-state index contributed by atoms with van der Waals surface area (Å²) in [6, 6.07) is 6.95. The Balaban J connectivity index is 1.26. The Labute approximate surface area is 163 Å². The molecule has 0 unspecified atom stereocenters. The van der Waals surface area contributed by atoms with Crippen molar-refractivity contribution >= 4 is 5.91 Å². The molecule has 3 saturated heterocycles. The molecule has 3 aliphatic rings. The van der Waals surface area contributed by atoms with E-state index >= 15 is 0 Å². The van der Waals surface area contributed by atoms with Gasteiger partial charge in [-0.25, -0.2) is 9.37 Å². The minimum absolute atomic E-state index is 0.141. The molecule has 3 fully saturated rings. The van der Waals surface area contributed by atoms with E-state index in [1.807, 2.05) is 12.1 Å². The van der Waals surface area contributed by atoms with Crippen LogP contribution in [0.3, 0.4) is 0 Å². The molecule has 1 N–H and O–H groups in total. The second-order valence-corrected chi connectivity index (χ2v) is 8.09. The number of carbonyl (C=O) groups excluding carboxylic acids is 1. The SMILES string of the molecule is O=C(NC[C@H]1[C@H]2CN(Cc3ccccc3F)C[C@]23CC[C@H]1O3)c1cnccn1. The third kappa shape index (κ3) is 2.99. The Morgan fingerprint density at radius 2 is 2.25 bits per heavy atom. The van der Waals surface area contributed by atoms with Crippen LogP contribution < -0.4 is 5.32 Å². The summed E-state index contributed by atoms with van der Waals surface area (Å²) in [6.07, 6.45) is 6.80. The molecule has 2 aromatic rings. The lowest BCUT2D eigenvalue weighted by atomic mass is 9.73. The molecule has 7 heteroatoms. The van der Waals surface area contributed by atoms with Crippen LogP contribution >= 0.6 is 0 Å². The molecule has 28 heavy (non-hydrogen) atoms. The van der Waals surface area contributed by atoms with Crippen LogP contribution in [0.2, 0.25) is 0 Å². The highest BCUT2D eigenvalue weighted by atomic mass is 19.1. The second-order valence-electron chi connectivity index (χ2n) is 8.09. The number of nitrogens with one attached hydrogen (secondary N) is 1. The zero-order chi connectivity index (χ0) is 19.1. The minimum atomic E-state index is -0.203. The van der Waals surface area contributed by atoms with Crippen LogP contribution in [0.15, 0.2) is 42.9 Å². The van der Waals surface area contributed by atoms with E-state index < -0.39 is 0 Å². The number of fused-ring (bicyclic) bond motifs is 1. The maximum Gasteiger partial charge on any atom is 0.271 e. The number of likely N-dealkylation sites (tertiary alicyclic amines) is 1. The van der Waals surface area contributed by atoms with Crippen LogP contribution in [0.1, 0.15) is 28.9 Å². The van der Waals surface area contributed by atoms with Gasteiger partial charge in [0.15, 0.2) is 0 Å². The predicted octanol–water partition coefficient (Wildman–Crippen LogP) is 2.03. The number of halogens is 1. The van der Waals surface area contributed by atoms with Crippen LogP contribution in [0.25, 0.3) is 0 Å². The molecular weight excluding hydrogens is 359 g/mol. The van der Waals surface area contributed by atoms with Gasteiger partial charge in [-0.15, -0.1) is 0 Å². The summed E-state index contributed by atoms with van der Waals surface area (Å²) in [6.45, 7) is 2.87. The number of aromatic nitrogens is 2. The highest BCUT2D eigenvalue weighted by molar-refractivity contribution is 5.91. The summed E-state index contributed by atoms with van der Waals surface area (Å²) in [4.78, 5) is 22.6. The van der Waals surface area contributed by atoms with Crippen molar-refractivity contribution in [3.63, 3.8) is 0 Å². The molecule has 5 rings (SSSR count). The van der Waals surface area contributed by atoms with Gasteiger partial charge in [-0.2, -0.15) is 0 Å². The van der Waals surface area contributed by atoms with Crippen molar-refractivity contribution in [1.82, 2.24) is 20.2 Å². The first-order chi connectivity index (χ1) is 13.6. The van der Waals surface area contributed by atoms with Crippen molar-refractivity contribution in [3.05, 3.63) is 59.9 Å². The third-order valence-electron chi connectivity index (χ3n) is 6.50. The average molecular weight is 382 g/mol. The van der Waals surface area contributed by atoms with Gasteiger partial charge in [0.2, 0.25) is 0 Å². The van der Waals surface area contributed by atoms with E-state index in [4.69, 9.17) is 4.74 Å². The lowest BCUT2D eigenvalue weighted by Crippen LogP contribution is -2.42. The molecule has 2 bridgehead atoms. The molecule has 4 heterocycles. The molecule has 0 radical (unpaired) electrons. The van der Waals surface area contributed by atoms with E-state index in [0.717, 1.165) is 31.5 Å². The summed E-state index contributed by atoms with van der Waals surface area (Å²) in [7, 11) is 0. The first-order valence-electron chi connectivity index (χ1n) is 9.82. The van der Waals surface area contributed by atoms with Crippen LogP contribution in [-0.2, 0) is 11.3 Å². The zero-order valence-corrected chi connectivity index (χ0v) is 15.6. The Bertz CT molecular complexity index is 880. The maximum atomic E-state index is 14.0. The van der Waals surface area contributed by atoms with E-state index in [1.165, 1.54) is 18.5 Å². The Morgan fingerprint density at radius 3 is 3.07 bits per heavy atom. The fourth-order valence-electron chi connectivity index (χ4n) is 5.27. The summed E-state index contributed by atoms with van der Waals surface area (Å²) in [5.74, 6) is 0.279. The lowest BCUT2D eigenvalue weighted by Gasteiger charge is -2.29. The summed E-state index contributed by atoms with van der Waals surface area (Å²) in [5, 5.41) is 3.01. The molecule has 1 aromatic heterocycles. The molecule has 1 spiro atoms. The van der Waals surface area contributed by atoms with Crippen molar-refractivity contribution in [2.75, 3.05) is 19.6 Å². The quantitative estimate of drug-likeness (QED) is 0.857. The predicted molar refractivity (Wildman–Crippen MR) is 99.9 cm³/mol. The smallest absolute Gasteiger partial charge is 0.271 e. The molecule has 146 valence electrons. The van der Waals surface area contributed by atoms with Crippen molar-refractivity contribution in [2.24, 2.45) is 11.8 Å². The molecule has 1 aromatic carbocycles. The lowest BCUT2D eigenvalue weighted by molar-refractivity contribution is 0.00204. The van der Waals surface area contributed by atoms with E-state index in [2.05, 4.69) is 20.2 Å². The number of hydrogen-bond acceptors (Lipinski definition) is 5. The number of nitrogens with zero attached hydrogens (tertiary/aromatic N) is 3. The first-order valence-corrected chi connectivity index (χ1v) is 9.82. The summed E-state index contributed by atoms with van der Waals surface area (Å²) in [5.41, 5.74) is 0.910. The molecule has 6 nitrogen and oxygen atoms in total. The van der Waals surface area contributed by atoms with Gasteiger partial charge in [0, 0.05) is 56.0 Å². The normalized spacial score (nSPS) is 31.1. The van der Waals surface area contributed by atoms with Gasteiger partial charge in [-0.3, -0.25) is 14.7 Å². The van der Waals surface area contributed by atoms with Crippen molar-refractivity contribution in [2.45, 2.75) is 31.1 Å². The maximum absolute atomic E-state index is 14.0. The molecule has 4 atom stereocenters. The number of hydrogen-bond donors (Lipinski definition) is 1. The van der Waals surface area contributed by atoms with Gasteiger partial charge in [0.25, 0.3) is 5.91 Å². The van der Waals surface area contributed by atoms with E-state index in [-0.39, 0.29) is 29.3 Å². The summed E-state index contributed by atoms with van der Waals surface area (Å²) >= 11 is 0. The van der Waals surface area contributed by atoms with Gasteiger partial charge in [0.1, 0.15) is 11.5 Å². The molecule has 1 amide bonds. The van der Waals surface area contributed by atoms with Crippen LogP contribution in [0.4, 0.5) is 4.39 Å². The van der Waals surface area contributed by atoms with Gasteiger partial charge in [-0.1, -0.05) is 18.2 Å². The first kappa shape index (κ1) is 17.7. The summed E-state index contributed by atoms with van der Waals surface area (Å²) < 4.78 is 20.5. The monoisotopic (exact) mass is 382 g/mol. The second kappa shape index (κ2) is 6.90. The minimum Gasteiger partial charge on any atom is -0.370 e. The Morgan fingerprint density at radius 1 is 1.36 bits per heavy atom. The third-order valence-corrected chi connectivity index (χ3v) is 6.50. The Hall–Kier alpha value is -2.38. The average Bonchev–Trinajstić information content (AvgIpc) is 3.37. The molecule has 3 aliphatic heterocycles.